The van der Waals surface area contributed by atoms with E-state index < -0.39 is 29.7 Å². The van der Waals surface area contributed by atoms with Crippen molar-refractivity contribution in [1.82, 2.24) is 0 Å². The van der Waals surface area contributed by atoms with Crippen LogP contribution in [0, 0.1) is 5.41 Å². The van der Waals surface area contributed by atoms with Gasteiger partial charge in [-0.05, 0) is 61.1 Å². The Morgan fingerprint density at radius 3 is 1.28 bits per heavy atom. The van der Waals surface area contributed by atoms with Gasteiger partial charge < -0.3 is 9.47 Å². The molecule has 0 amide bonds. The largest absolute Gasteiger partial charge is 0.543 e. The molecule has 236 valence electrons. The molecular weight excluding hydrogens is 564 g/mol. The highest BCUT2D eigenvalue weighted by Crippen LogP contribution is 2.17. The van der Waals surface area contributed by atoms with E-state index in [0.717, 1.165) is 62.5 Å². The zero-order valence-electron chi connectivity index (χ0n) is 25.1. The number of benzene rings is 2. The molecule has 2 aromatic carbocycles. The van der Waals surface area contributed by atoms with Crippen LogP contribution in [-0.4, -0.2) is 37.5 Å². The second-order valence-electron chi connectivity index (χ2n) is 10.6. The van der Waals surface area contributed by atoms with Gasteiger partial charge in [0.25, 0.3) is 0 Å². The molecule has 0 fully saturated rings. The van der Waals surface area contributed by atoms with Gasteiger partial charge in [0, 0.05) is 5.41 Å². The lowest BCUT2D eigenvalue weighted by Gasteiger charge is -2.22. The number of aryl methyl sites for hydroxylation is 2. The maximum absolute atomic E-state index is 12.0. The number of carbonyl (C=O) groups excluding carboxylic acids is 4. The lowest BCUT2D eigenvalue weighted by atomic mass is 9.96. The molecular formula is C31H40O12. The monoisotopic (exact) mass is 604 g/mol. The third-order valence-corrected chi connectivity index (χ3v) is 6.10. The van der Waals surface area contributed by atoms with Crippen LogP contribution in [0.4, 0.5) is 9.59 Å². The maximum atomic E-state index is 12.0. The summed E-state index contributed by atoms with van der Waals surface area (Å²) >= 11 is 0. The summed E-state index contributed by atoms with van der Waals surface area (Å²) in [6.07, 6.45) is 5.86. The number of hydrogen-bond acceptors (Lipinski definition) is 12. The molecule has 12 heteroatoms. The molecule has 0 aliphatic heterocycles. The fraction of sp³-hybridized carbons (Fsp3) is 0.484. The fourth-order valence-corrected chi connectivity index (χ4v) is 3.62. The molecule has 0 N–H and O–H groups in total. The van der Waals surface area contributed by atoms with Crippen LogP contribution in [0.2, 0.25) is 0 Å². The summed E-state index contributed by atoms with van der Waals surface area (Å²) in [7, 11) is 0. The molecule has 12 nitrogen and oxygen atoms in total. The van der Waals surface area contributed by atoms with Crippen LogP contribution in [0.3, 0.4) is 0 Å². The Hall–Kier alpha value is -4.16. The minimum Gasteiger partial charge on any atom is -0.432 e. The van der Waals surface area contributed by atoms with Crippen LogP contribution < -0.4 is 0 Å². The van der Waals surface area contributed by atoms with Crippen molar-refractivity contribution in [2.24, 2.45) is 5.41 Å². The lowest BCUT2D eigenvalue weighted by Crippen LogP contribution is -2.29. The Labute approximate surface area is 251 Å². The lowest BCUT2D eigenvalue weighted by molar-refractivity contribution is -0.453. The first-order valence-electron chi connectivity index (χ1n) is 14.3. The highest BCUT2D eigenvalue weighted by molar-refractivity contribution is 5.89. The van der Waals surface area contributed by atoms with Gasteiger partial charge in [0.15, 0.2) is 0 Å². The van der Waals surface area contributed by atoms with Gasteiger partial charge in [0.05, 0.1) is 21.2 Å². The number of hydrogen-bond donors (Lipinski definition) is 0. The molecule has 0 saturated carbocycles. The molecule has 0 atom stereocenters. The fourth-order valence-electron chi connectivity index (χ4n) is 3.62. The summed E-state index contributed by atoms with van der Waals surface area (Å²) in [5.41, 5.74) is 1.72. The average molecular weight is 605 g/mol. The third kappa shape index (κ3) is 14.5. The van der Waals surface area contributed by atoms with Gasteiger partial charge in [-0.2, -0.15) is 0 Å². The van der Waals surface area contributed by atoms with E-state index in [1.165, 1.54) is 0 Å². The van der Waals surface area contributed by atoms with E-state index in [-0.39, 0.29) is 24.3 Å². The van der Waals surface area contributed by atoms with Gasteiger partial charge in [-0.3, -0.25) is 9.78 Å². The highest BCUT2D eigenvalue weighted by Gasteiger charge is 2.25. The quantitative estimate of drug-likeness (QED) is 0.0735. The topological polar surface area (TPSA) is 142 Å². The zero-order valence-corrected chi connectivity index (χ0v) is 25.1. The molecule has 0 spiro atoms. The first-order valence-corrected chi connectivity index (χ1v) is 14.3. The summed E-state index contributed by atoms with van der Waals surface area (Å²) in [4.78, 5) is 65.0. The molecule has 0 aliphatic carbocycles. The Morgan fingerprint density at radius 2 is 0.930 bits per heavy atom. The van der Waals surface area contributed by atoms with Gasteiger partial charge in [0.2, 0.25) is 0 Å². The normalized spacial score (nSPS) is 10.9. The van der Waals surface area contributed by atoms with Gasteiger partial charge in [-0.15, -0.1) is 0 Å². The average Bonchev–Trinajstić information content (AvgIpc) is 3.00. The second-order valence-corrected chi connectivity index (χ2v) is 10.6. The zero-order chi connectivity index (χ0) is 31.5. The first-order chi connectivity index (χ1) is 20.6. The molecule has 0 unspecified atom stereocenters. The molecule has 2 rings (SSSR count). The SMILES string of the molecule is CCCCCc1ccc(C(=O)OOOC(=O)OCC(C)(C)COC(=O)OOOC(=O)c2ccc(CCCCC)cc2)cc1. The first kappa shape index (κ1) is 35.0. The van der Waals surface area contributed by atoms with Crippen molar-refractivity contribution in [2.75, 3.05) is 13.2 Å². The second kappa shape index (κ2) is 19.1. The summed E-state index contributed by atoms with van der Waals surface area (Å²) in [5.74, 6) is -1.72. The smallest absolute Gasteiger partial charge is 0.432 e. The number of unbranched alkanes of at least 4 members (excludes halogenated alkanes) is 4. The van der Waals surface area contributed by atoms with Crippen molar-refractivity contribution in [3.8, 4) is 0 Å². The predicted molar refractivity (Wildman–Crippen MR) is 151 cm³/mol. The number of ether oxygens (including phenoxy) is 2. The molecule has 0 heterocycles. The van der Waals surface area contributed by atoms with Crippen molar-refractivity contribution in [1.29, 1.82) is 0 Å². The maximum Gasteiger partial charge on any atom is 0.543 e. The Morgan fingerprint density at radius 1 is 0.558 bits per heavy atom. The van der Waals surface area contributed by atoms with Crippen molar-refractivity contribution in [3.05, 3.63) is 70.8 Å². The van der Waals surface area contributed by atoms with Gasteiger partial charge >= 0.3 is 24.2 Å². The summed E-state index contributed by atoms with van der Waals surface area (Å²) < 4.78 is 9.75. The van der Waals surface area contributed by atoms with Crippen LogP contribution in [0.25, 0.3) is 0 Å². The van der Waals surface area contributed by atoms with E-state index in [9.17, 15) is 19.2 Å². The number of carbonyl (C=O) groups is 4. The van der Waals surface area contributed by atoms with Gasteiger partial charge in [0.1, 0.15) is 13.2 Å². The highest BCUT2D eigenvalue weighted by atomic mass is 17.5. The van der Waals surface area contributed by atoms with Crippen LogP contribution in [0.15, 0.2) is 48.5 Å². The van der Waals surface area contributed by atoms with E-state index >= 15 is 0 Å². The van der Waals surface area contributed by atoms with Crippen molar-refractivity contribution in [2.45, 2.75) is 79.1 Å². The van der Waals surface area contributed by atoms with Crippen molar-refractivity contribution in [3.63, 3.8) is 0 Å². The summed E-state index contributed by atoms with van der Waals surface area (Å²) in [6, 6.07) is 13.6. The van der Waals surface area contributed by atoms with Crippen LogP contribution in [-0.2, 0) is 51.9 Å². The Balaban J connectivity index is 1.59. The molecule has 0 aromatic heterocycles. The molecule has 43 heavy (non-hydrogen) atoms. The molecule has 2 aromatic rings. The minimum atomic E-state index is -1.29. The number of rotatable bonds is 18. The minimum absolute atomic E-state index is 0.215. The van der Waals surface area contributed by atoms with E-state index in [1.54, 1.807) is 38.1 Å². The Kier molecular flexibility index (Phi) is 15.6. The van der Waals surface area contributed by atoms with Crippen LogP contribution in [0.1, 0.15) is 98.1 Å². The molecule has 0 radical (unpaired) electrons. The summed E-state index contributed by atoms with van der Waals surface area (Å²) in [6.45, 7) is 6.91. The van der Waals surface area contributed by atoms with Crippen molar-refractivity contribution < 1.29 is 58.3 Å². The van der Waals surface area contributed by atoms with E-state index in [2.05, 4.69) is 43.5 Å². The van der Waals surface area contributed by atoms with E-state index in [4.69, 9.17) is 9.47 Å². The van der Waals surface area contributed by atoms with E-state index in [0.29, 0.717) is 0 Å². The predicted octanol–water partition coefficient (Wildman–Crippen LogP) is 7.19. The van der Waals surface area contributed by atoms with Crippen molar-refractivity contribution >= 4 is 24.2 Å². The van der Waals surface area contributed by atoms with E-state index in [1.807, 2.05) is 24.3 Å². The third-order valence-electron chi connectivity index (χ3n) is 6.10. The van der Waals surface area contributed by atoms with Crippen LogP contribution in [0.5, 0.6) is 0 Å². The van der Waals surface area contributed by atoms with Gasteiger partial charge in [-0.25, -0.2) is 29.0 Å². The standard InChI is InChI=1S/C31H40O12/c1-5-7-9-11-23-13-17-25(18-14-23)27(32)38-42-40-29(34)36-21-31(3,4)22-37-30(35)41-43-39-28(33)26-19-15-24(16-20-26)12-10-8-6-2/h13-20H,5-12,21-22H2,1-4H3. The molecule has 0 aliphatic rings. The molecule has 0 saturated heterocycles. The van der Waals surface area contributed by atoms with Gasteiger partial charge in [-0.1, -0.05) is 77.6 Å². The Bertz CT molecular complexity index is 1050. The molecule has 0 bridgehead atoms. The summed E-state index contributed by atoms with van der Waals surface area (Å²) in [5, 5.41) is 8.44. The van der Waals surface area contributed by atoms with Crippen LogP contribution >= 0.6 is 0 Å².